The van der Waals surface area contributed by atoms with Gasteiger partial charge in [0.15, 0.2) is 0 Å². The number of hydrogen-bond donors (Lipinski definition) is 3. The molecular weight excluding hydrogens is 182 g/mol. The Morgan fingerprint density at radius 2 is 2.14 bits per heavy atom. The molecule has 0 aliphatic heterocycles. The molecule has 0 spiro atoms. The second-order valence-electron chi connectivity index (χ2n) is 3.62. The number of hydrogen-bond acceptors (Lipinski definition) is 3. The lowest BCUT2D eigenvalue weighted by molar-refractivity contribution is -0.121. The molecule has 0 aliphatic rings. The summed E-state index contributed by atoms with van der Waals surface area (Å²) in [5.74, 6) is 0.684. The quantitative estimate of drug-likeness (QED) is 0.255. The Morgan fingerprint density at radius 1 is 1.50 bits per heavy atom. The van der Waals surface area contributed by atoms with Crippen LogP contribution in [0.25, 0.3) is 0 Å². The van der Waals surface area contributed by atoms with E-state index in [1.165, 1.54) is 0 Å². The number of amides is 1. The summed E-state index contributed by atoms with van der Waals surface area (Å²) in [7, 11) is 0. The Labute approximate surface area is 84.4 Å². The molecule has 4 N–H and O–H groups in total. The van der Waals surface area contributed by atoms with Gasteiger partial charge in [-0.15, -0.1) is 0 Å². The monoisotopic (exact) mass is 201 g/mol. The van der Waals surface area contributed by atoms with Gasteiger partial charge in [-0.2, -0.15) is 0 Å². The van der Waals surface area contributed by atoms with Gasteiger partial charge in [-0.3, -0.25) is 4.79 Å². The standard InChI is InChI=1S/C9H19N3O2/c1-7(2)3-4-9(13)11-6-5-8(10)12-14/h7,14H,3-6H2,1-2H3,(H2,10,12)(H,11,13). The SMILES string of the molecule is CC(C)CCC(=O)NCCC(N)=NO. The van der Waals surface area contributed by atoms with Gasteiger partial charge in [-0.1, -0.05) is 19.0 Å². The summed E-state index contributed by atoms with van der Waals surface area (Å²) in [5.41, 5.74) is 5.23. The van der Waals surface area contributed by atoms with Crippen LogP contribution in [0.5, 0.6) is 0 Å². The molecule has 1 amide bonds. The zero-order valence-electron chi connectivity index (χ0n) is 8.79. The zero-order valence-corrected chi connectivity index (χ0v) is 8.79. The predicted octanol–water partition coefficient (Wildman–Crippen LogP) is 0.675. The maximum atomic E-state index is 11.2. The molecule has 0 aromatic rings. The molecule has 0 heterocycles. The molecule has 0 radical (unpaired) electrons. The van der Waals surface area contributed by atoms with Crippen molar-refractivity contribution in [1.82, 2.24) is 5.32 Å². The molecule has 14 heavy (non-hydrogen) atoms. The Bertz CT molecular complexity index is 202. The molecule has 0 saturated heterocycles. The Hall–Kier alpha value is -1.26. The van der Waals surface area contributed by atoms with Crippen LogP contribution in [0.2, 0.25) is 0 Å². The first-order valence-electron chi connectivity index (χ1n) is 4.79. The van der Waals surface area contributed by atoms with Crippen LogP contribution < -0.4 is 11.1 Å². The number of carbonyl (C=O) groups excluding carboxylic acids is 1. The average molecular weight is 201 g/mol. The van der Waals surface area contributed by atoms with Gasteiger partial charge in [0.1, 0.15) is 5.84 Å². The van der Waals surface area contributed by atoms with Crippen molar-refractivity contribution >= 4 is 11.7 Å². The van der Waals surface area contributed by atoms with Gasteiger partial charge < -0.3 is 16.3 Å². The van der Waals surface area contributed by atoms with Crippen molar-refractivity contribution in [3.05, 3.63) is 0 Å². The number of amidine groups is 1. The lowest BCUT2D eigenvalue weighted by Crippen LogP contribution is -2.28. The van der Waals surface area contributed by atoms with E-state index < -0.39 is 0 Å². The maximum absolute atomic E-state index is 11.2. The third-order valence-corrected chi connectivity index (χ3v) is 1.78. The van der Waals surface area contributed by atoms with E-state index in [9.17, 15) is 4.79 Å². The third-order valence-electron chi connectivity index (χ3n) is 1.78. The summed E-state index contributed by atoms with van der Waals surface area (Å²) in [6.45, 7) is 4.57. The second kappa shape index (κ2) is 7.17. The Balaban J connectivity index is 3.45. The van der Waals surface area contributed by atoms with E-state index >= 15 is 0 Å². The zero-order chi connectivity index (χ0) is 11.0. The van der Waals surface area contributed by atoms with Crippen LogP contribution in [-0.2, 0) is 4.79 Å². The number of nitrogens with one attached hydrogen (secondary N) is 1. The number of carbonyl (C=O) groups is 1. The minimum Gasteiger partial charge on any atom is -0.409 e. The largest absolute Gasteiger partial charge is 0.409 e. The lowest BCUT2D eigenvalue weighted by Gasteiger charge is -2.05. The number of nitrogens with two attached hydrogens (primary N) is 1. The predicted molar refractivity (Wildman–Crippen MR) is 55.1 cm³/mol. The lowest BCUT2D eigenvalue weighted by atomic mass is 10.1. The first-order chi connectivity index (χ1) is 6.56. The van der Waals surface area contributed by atoms with E-state index in [4.69, 9.17) is 10.9 Å². The van der Waals surface area contributed by atoms with Crippen molar-refractivity contribution in [3.63, 3.8) is 0 Å². The van der Waals surface area contributed by atoms with Gasteiger partial charge >= 0.3 is 0 Å². The fourth-order valence-corrected chi connectivity index (χ4v) is 0.888. The molecule has 0 aromatic heterocycles. The number of nitrogens with zero attached hydrogens (tertiary/aromatic N) is 1. The highest BCUT2D eigenvalue weighted by atomic mass is 16.4. The van der Waals surface area contributed by atoms with Gasteiger partial charge in [-0.05, 0) is 12.3 Å². The molecule has 0 saturated carbocycles. The van der Waals surface area contributed by atoms with Gasteiger partial charge in [0.25, 0.3) is 0 Å². The number of rotatable bonds is 6. The van der Waals surface area contributed by atoms with Crippen molar-refractivity contribution in [2.24, 2.45) is 16.8 Å². The van der Waals surface area contributed by atoms with Crippen LogP contribution in [0.15, 0.2) is 5.16 Å². The van der Waals surface area contributed by atoms with Crippen molar-refractivity contribution in [2.45, 2.75) is 33.1 Å². The highest BCUT2D eigenvalue weighted by Gasteiger charge is 2.02. The van der Waals surface area contributed by atoms with Crippen LogP contribution in [-0.4, -0.2) is 23.5 Å². The van der Waals surface area contributed by atoms with E-state index in [2.05, 4.69) is 24.3 Å². The van der Waals surface area contributed by atoms with E-state index in [-0.39, 0.29) is 11.7 Å². The first kappa shape index (κ1) is 12.7. The van der Waals surface area contributed by atoms with Crippen molar-refractivity contribution in [3.8, 4) is 0 Å². The van der Waals surface area contributed by atoms with Crippen LogP contribution >= 0.6 is 0 Å². The van der Waals surface area contributed by atoms with Gasteiger partial charge in [0.05, 0.1) is 0 Å². The summed E-state index contributed by atoms with van der Waals surface area (Å²) in [6.07, 6.45) is 1.80. The molecule has 0 unspecified atom stereocenters. The highest BCUT2D eigenvalue weighted by Crippen LogP contribution is 2.02. The minimum atomic E-state index is 0.0180. The topological polar surface area (TPSA) is 87.7 Å². The summed E-state index contributed by atoms with van der Waals surface area (Å²) < 4.78 is 0. The molecule has 0 atom stereocenters. The molecule has 0 aromatic carbocycles. The smallest absolute Gasteiger partial charge is 0.220 e. The molecule has 0 bridgehead atoms. The van der Waals surface area contributed by atoms with Crippen molar-refractivity contribution < 1.29 is 10.0 Å². The van der Waals surface area contributed by atoms with Crippen LogP contribution in [0.1, 0.15) is 33.1 Å². The molecular formula is C9H19N3O2. The molecule has 0 rings (SSSR count). The van der Waals surface area contributed by atoms with Crippen molar-refractivity contribution in [2.75, 3.05) is 6.54 Å². The molecule has 0 aliphatic carbocycles. The first-order valence-corrected chi connectivity index (χ1v) is 4.79. The maximum Gasteiger partial charge on any atom is 0.220 e. The van der Waals surface area contributed by atoms with Crippen molar-refractivity contribution in [1.29, 1.82) is 0 Å². The second-order valence-corrected chi connectivity index (χ2v) is 3.62. The Kier molecular flexibility index (Phi) is 6.53. The molecule has 5 heteroatoms. The normalized spacial score (nSPS) is 11.8. The third kappa shape index (κ3) is 7.39. The van der Waals surface area contributed by atoms with E-state index in [0.29, 0.717) is 25.3 Å². The van der Waals surface area contributed by atoms with Crippen LogP contribution in [0, 0.1) is 5.92 Å². The Morgan fingerprint density at radius 3 is 2.64 bits per heavy atom. The van der Waals surface area contributed by atoms with E-state index in [1.807, 2.05) is 0 Å². The fraction of sp³-hybridized carbons (Fsp3) is 0.778. The fourth-order valence-electron chi connectivity index (χ4n) is 0.888. The molecule has 5 nitrogen and oxygen atoms in total. The highest BCUT2D eigenvalue weighted by molar-refractivity contribution is 5.81. The van der Waals surface area contributed by atoms with Crippen LogP contribution in [0.3, 0.4) is 0 Å². The minimum absolute atomic E-state index is 0.0180. The summed E-state index contributed by atoms with van der Waals surface area (Å²) in [4.78, 5) is 11.2. The summed E-state index contributed by atoms with van der Waals surface area (Å²) >= 11 is 0. The van der Waals surface area contributed by atoms with Gasteiger partial charge in [0, 0.05) is 19.4 Å². The van der Waals surface area contributed by atoms with E-state index in [1.54, 1.807) is 0 Å². The van der Waals surface area contributed by atoms with Gasteiger partial charge in [-0.25, -0.2) is 0 Å². The van der Waals surface area contributed by atoms with E-state index in [0.717, 1.165) is 6.42 Å². The van der Waals surface area contributed by atoms with Gasteiger partial charge in [0.2, 0.25) is 5.91 Å². The molecule has 82 valence electrons. The average Bonchev–Trinajstić information content (AvgIpc) is 2.14. The summed E-state index contributed by atoms with van der Waals surface area (Å²) in [6, 6.07) is 0. The summed E-state index contributed by atoms with van der Waals surface area (Å²) in [5, 5.41) is 13.7. The number of oxime groups is 1. The van der Waals surface area contributed by atoms with Crippen LogP contribution in [0.4, 0.5) is 0 Å². The molecule has 0 fully saturated rings.